The molecule has 0 saturated carbocycles. The standard InChI is InChI=1S/C17H14ClN3O5S/c1-25-13-6-8-14(9-7-13)27(23,24)10-15(22)19-17-21-20-16(26-17)11-2-4-12(18)5-3-11/h2-9H,10H2,1H3,(H,19,21,22). The smallest absolute Gasteiger partial charge is 0.322 e. The zero-order chi connectivity index (χ0) is 19.4. The number of nitrogens with one attached hydrogen (secondary N) is 1. The first-order valence-corrected chi connectivity index (χ1v) is 9.66. The minimum atomic E-state index is -3.83. The third-order valence-electron chi connectivity index (χ3n) is 3.50. The molecular formula is C17H14ClN3O5S. The Hall–Kier alpha value is -2.91. The number of carbonyl (C=O) groups is 1. The number of anilines is 1. The Kier molecular flexibility index (Phi) is 5.43. The Bertz CT molecular complexity index is 1050. The lowest BCUT2D eigenvalue weighted by molar-refractivity contribution is -0.114. The minimum absolute atomic E-state index is 0.00540. The molecule has 1 heterocycles. The van der Waals surface area contributed by atoms with E-state index in [2.05, 4.69) is 15.5 Å². The highest BCUT2D eigenvalue weighted by atomic mass is 35.5. The maximum Gasteiger partial charge on any atom is 0.322 e. The van der Waals surface area contributed by atoms with Gasteiger partial charge in [0.05, 0.1) is 12.0 Å². The number of hydrogen-bond acceptors (Lipinski definition) is 7. The fourth-order valence-electron chi connectivity index (χ4n) is 2.18. The van der Waals surface area contributed by atoms with Crippen molar-refractivity contribution < 1.29 is 22.4 Å². The van der Waals surface area contributed by atoms with E-state index in [1.165, 1.54) is 31.4 Å². The third-order valence-corrected chi connectivity index (χ3v) is 5.39. The Morgan fingerprint density at radius 2 is 1.78 bits per heavy atom. The first-order chi connectivity index (χ1) is 12.9. The lowest BCUT2D eigenvalue weighted by Crippen LogP contribution is -2.23. The van der Waals surface area contributed by atoms with Gasteiger partial charge in [0, 0.05) is 10.6 Å². The molecule has 1 aromatic heterocycles. The van der Waals surface area contributed by atoms with E-state index >= 15 is 0 Å². The summed E-state index contributed by atoms with van der Waals surface area (Å²) in [4.78, 5) is 12.1. The monoisotopic (exact) mass is 407 g/mol. The molecule has 8 nitrogen and oxygen atoms in total. The van der Waals surface area contributed by atoms with Gasteiger partial charge in [-0.25, -0.2) is 8.42 Å². The molecule has 0 fully saturated rings. The molecule has 1 amide bonds. The van der Waals surface area contributed by atoms with Gasteiger partial charge in [-0.2, -0.15) is 0 Å². The number of methoxy groups -OCH3 is 1. The topological polar surface area (TPSA) is 111 Å². The van der Waals surface area contributed by atoms with Crippen LogP contribution in [-0.4, -0.2) is 37.4 Å². The van der Waals surface area contributed by atoms with E-state index in [0.717, 1.165) is 0 Å². The van der Waals surface area contributed by atoms with Crippen LogP contribution >= 0.6 is 11.6 Å². The molecule has 0 radical (unpaired) electrons. The molecule has 0 atom stereocenters. The lowest BCUT2D eigenvalue weighted by atomic mass is 10.2. The van der Waals surface area contributed by atoms with Gasteiger partial charge in [-0.1, -0.05) is 16.7 Å². The molecule has 1 N–H and O–H groups in total. The van der Waals surface area contributed by atoms with E-state index in [1.54, 1.807) is 24.3 Å². The largest absolute Gasteiger partial charge is 0.497 e. The molecule has 3 aromatic rings. The average molecular weight is 408 g/mol. The summed E-state index contributed by atoms with van der Waals surface area (Å²) in [5.74, 6) is -0.881. The van der Waals surface area contributed by atoms with Crippen LogP contribution in [0.15, 0.2) is 57.8 Å². The number of aromatic nitrogens is 2. The third kappa shape index (κ3) is 4.63. The summed E-state index contributed by atoms with van der Waals surface area (Å²) in [5.41, 5.74) is 0.609. The average Bonchev–Trinajstić information content (AvgIpc) is 3.10. The van der Waals surface area contributed by atoms with Crippen LogP contribution in [0, 0.1) is 0 Å². The number of rotatable bonds is 6. The van der Waals surface area contributed by atoms with Crippen LogP contribution in [0.1, 0.15) is 0 Å². The van der Waals surface area contributed by atoms with Gasteiger partial charge in [0.1, 0.15) is 11.5 Å². The number of hydrogen-bond donors (Lipinski definition) is 1. The highest BCUT2D eigenvalue weighted by Gasteiger charge is 2.21. The second-order valence-electron chi connectivity index (χ2n) is 5.40. The first-order valence-electron chi connectivity index (χ1n) is 7.63. The van der Waals surface area contributed by atoms with Crippen molar-refractivity contribution >= 4 is 33.4 Å². The number of amides is 1. The van der Waals surface area contributed by atoms with E-state index in [0.29, 0.717) is 16.3 Å². The number of carbonyl (C=O) groups excluding carboxylic acids is 1. The van der Waals surface area contributed by atoms with Gasteiger partial charge in [-0.3, -0.25) is 10.1 Å². The molecule has 0 unspecified atom stereocenters. The molecular weight excluding hydrogens is 394 g/mol. The fourth-order valence-corrected chi connectivity index (χ4v) is 3.44. The summed E-state index contributed by atoms with van der Waals surface area (Å²) >= 11 is 5.81. The van der Waals surface area contributed by atoms with Crippen LogP contribution in [-0.2, 0) is 14.6 Å². The van der Waals surface area contributed by atoms with Gasteiger partial charge in [0.15, 0.2) is 9.84 Å². The molecule has 140 valence electrons. The van der Waals surface area contributed by atoms with Crippen LogP contribution in [0.4, 0.5) is 6.01 Å². The molecule has 0 aliphatic rings. The van der Waals surface area contributed by atoms with Crippen molar-refractivity contribution in [2.24, 2.45) is 0 Å². The molecule has 27 heavy (non-hydrogen) atoms. The first kappa shape index (κ1) is 18.9. The van der Waals surface area contributed by atoms with Crippen LogP contribution in [0.2, 0.25) is 5.02 Å². The summed E-state index contributed by atoms with van der Waals surface area (Å²) in [6, 6.07) is 12.2. The Morgan fingerprint density at radius 1 is 1.11 bits per heavy atom. The molecule has 0 aliphatic heterocycles. The summed E-state index contributed by atoms with van der Waals surface area (Å²) < 4.78 is 34.9. The van der Waals surface area contributed by atoms with Gasteiger partial charge in [0.25, 0.3) is 0 Å². The summed E-state index contributed by atoms with van der Waals surface area (Å²) in [5, 5.41) is 10.3. The zero-order valence-electron chi connectivity index (χ0n) is 14.0. The number of sulfone groups is 1. The normalized spacial score (nSPS) is 11.2. The number of nitrogens with zero attached hydrogens (tertiary/aromatic N) is 2. The molecule has 0 spiro atoms. The zero-order valence-corrected chi connectivity index (χ0v) is 15.6. The van der Waals surface area contributed by atoms with E-state index in [1.807, 2.05) is 0 Å². The maximum absolute atomic E-state index is 12.3. The quantitative estimate of drug-likeness (QED) is 0.668. The molecule has 2 aromatic carbocycles. The number of benzene rings is 2. The second-order valence-corrected chi connectivity index (χ2v) is 7.83. The number of ether oxygens (including phenoxy) is 1. The molecule has 3 rings (SSSR count). The van der Waals surface area contributed by atoms with Gasteiger partial charge in [-0.15, -0.1) is 5.10 Å². The molecule has 0 aliphatic carbocycles. The second kappa shape index (κ2) is 7.77. The maximum atomic E-state index is 12.3. The Balaban J connectivity index is 1.67. The van der Waals surface area contributed by atoms with Crippen molar-refractivity contribution in [3.05, 3.63) is 53.6 Å². The van der Waals surface area contributed by atoms with Crippen molar-refractivity contribution in [1.29, 1.82) is 0 Å². The van der Waals surface area contributed by atoms with Crippen LogP contribution in [0.3, 0.4) is 0 Å². The Labute approximate surface area is 160 Å². The fraction of sp³-hybridized carbons (Fsp3) is 0.118. The van der Waals surface area contributed by atoms with Crippen LogP contribution < -0.4 is 10.1 Å². The number of halogens is 1. The minimum Gasteiger partial charge on any atom is -0.497 e. The molecule has 0 bridgehead atoms. The predicted molar refractivity (Wildman–Crippen MR) is 98.4 cm³/mol. The van der Waals surface area contributed by atoms with E-state index in [-0.39, 0.29) is 16.8 Å². The van der Waals surface area contributed by atoms with Crippen molar-refractivity contribution in [3.8, 4) is 17.2 Å². The molecule has 0 saturated heterocycles. The van der Waals surface area contributed by atoms with Crippen LogP contribution in [0.25, 0.3) is 11.5 Å². The van der Waals surface area contributed by atoms with Gasteiger partial charge in [0.2, 0.25) is 11.8 Å². The van der Waals surface area contributed by atoms with Crippen LogP contribution in [0.5, 0.6) is 5.75 Å². The predicted octanol–water partition coefficient (Wildman–Crippen LogP) is 2.81. The molecule has 10 heteroatoms. The SMILES string of the molecule is COc1ccc(S(=O)(=O)CC(=O)Nc2nnc(-c3ccc(Cl)cc3)o2)cc1. The summed E-state index contributed by atoms with van der Waals surface area (Å²) in [6.45, 7) is 0. The Morgan fingerprint density at radius 3 is 2.41 bits per heavy atom. The van der Waals surface area contributed by atoms with Crippen molar-refractivity contribution in [3.63, 3.8) is 0 Å². The van der Waals surface area contributed by atoms with Gasteiger partial charge >= 0.3 is 6.01 Å². The lowest BCUT2D eigenvalue weighted by Gasteiger charge is -2.05. The highest BCUT2D eigenvalue weighted by molar-refractivity contribution is 7.92. The van der Waals surface area contributed by atoms with E-state index in [4.69, 9.17) is 20.8 Å². The summed E-state index contributed by atoms with van der Waals surface area (Å²) in [7, 11) is -2.35. The van der Waals surface area contributed by atoms with E-state index < -0.39 is 21.5 Å². The van der Waals surface area contributed by atoms with Gasteiger partial charge in [-0.05, 0) is 48.5 Å². The van der Waals surface area contributed by atoms with Crippen molar-refractivity contribution in [1.82, 2.24) is 10.2 Å². The summed E-state index contributed by atoms with van der Waals surface area (Å²) in [6.07, 6.45) is 0. The van der Waals surface area contributed by atoms with E-state index in [9.17, 15) is 13.2 Å². The highest BCUT2D eigenvalue weighted by Crippen LogP contribution is 2.22. The van der Waals surface area contributed by atoms with Gasteiger partial charge < -0.3 is 9.15 Å². The van der Waals surface area contributed by atoms with Crippen molar-refractivity contribution in [2.75, 3.05) is 18.2 Å². The van der Waals surface area contributed by atoms with Crippen molar-refractivity contribution in [2.45, 2.75) is 4.90 Å².